The standard InChI is InChI=1S/C23H41N3O2/c1-2-3-4-5-6-7-8-9-10-11-12-13-14-15-16-22-25-18-20-26(22,19-17-24)21-23(27)28/h11-12,18,20H,2-10,13-17,19,21,24H2,1H3/p+1/b12-11+. The Hall–Kier alpha value is -1.46. The fourth-order valence-electron chi connectivity index (χ4n) is 3.81. The molecule has 1 unspecified atom stereocenters. The summed E-state index contributed by atoms with van der Waals surface area (Å²) >= 11 is 0. The van der Waals surface area contributed by atoms with Gasteiger partial charge in [0, 0.05) is 13.0 Å². The highest BCUT2D eigenvalue weighted by Crippen LogP contribution is 2.20. The molecule has 0 amide bonds. The van der Waals surface area contributed by atoms with Crippen LogP contribution in [0.1, 0.15) is 90.4 Å². The quantitative estimate of drug-likeness (QED) is 0.187. The lowest BCUT2D eigenvalue weighted by Gasteiger charge is -2.30. The first-order chi connectivity index (χ1) is 13.6. The number of nitrogens with two attached hydrogens (primary N) is 1. The summed E-state index contributed by atoms with van der Waals surface area (Å²) in [7, 11) is 0. The molecule has 0 spiro atoms. The summed E-state index contributed by atoms with van der Waals surface area (Å²) in [5, 5.41) is 9.22. The molecule has 1 atom stereocenters. The highest BCUT2D eigenvalue weighted by atomic mass is 16.4. The zero-order chi connectivity index (χ0) is 20.5. The number of aliphatic imine (C=N–C) groups is 1. The van der Waals surface area contributed by atoms with Gasteiger partial charge in [-0.05, 0) is 32.1 Å². The van der Waals surface area contributed by atoms with Crippen LogP contribution in [0.15, 0.2) is 29.5 Å². The van der Waals surface area contributed by atoms with Gasteiger partial charge in [0.15, 0.2) is 6.54 Å². The first-order valence-electron chi connectivity index (χ1n) is 11.3. The van der Waals surface area contributed by atoms with Crippen LogP contribution in [0.4, 0.5) is 0 Å². The van der Waals surface area contributed by atoms with E-state index in [4.69, 9.17) is 5.73 Å². The molecule has 5 nitrogen and oxygen atoms in total. The van der Waals surface area contributed by atoms with E-state index < -0.39 is 5.97 Å². The van der Waals surface area contributed by atoms with Gasteiger partial charge in [-0.15, -0.1) is 0 Å². The van der Waals surface area contributed by atoms with E-state index in [0.29, 0.717) is 17.6 Å². The Morgan fingerprint density at radius 1 is 1.04 bits per heavy atom. The minimum atomic E-state index is -0.809. The van der Waals surface area contributed by atoms with Crippen LogP contribution in [0.3, 0.4) is 0 Å². The molecule has 1 aliphatic rings. The molecule has 160 valence electrons. The van der Waals surface area contributed by atoms with Gasteiger partial charge in [0.05, 0.1) is 6.20 Å². The van der Waals surface area contributed by atoms with Crippen LogP contribution in [0.25, 0.3) is 0 Å². The predicted octanol–water partition coefficient (Wildman–Crippen LogP) is 5.38. The summed E-state index contributed by atoms with van der Waals surface area (Å²) in [5.74, 6) is 0.132. The average molecular weight is 393 g/mol. The maximum Gasteiger partial charge on any atom is 0.360 e. The maximum atomic E-state index is 11.2. The van der Waals surface area contributed by atoms with Crippen molar-refractivity contribution in [1.29, 1.82) is 0 Å². The number of unbranched alkanes of at least 4 members (excludes halogenated alkanes) is 10. The van der Waals surface area contributed by atoms with E-state index in [9.17, 15) is 9.90 Å². The molecule has 1 heterocycles. The monoisotopic (exact) mass is 392 g/mol. The van der Waals surface area contributed by atoms with Gasteiger partial charge in [-0.25, -0.2) is 14.3 Å². The van der Waals surface area contributed by atoms with Gasteiger partial charge in [-0.2, -0.15) is 0 Å². The lowest BCUT2D eigenvalue weighted by Crippen LogP contribution is -2.52. The molecule has 3 N–H and O–H groups in total. The zero-order valence-electron chi connectivity index (χ0n) is 18.0. The Morgan fingerprint density at radius 3 is 2.25 bits per heavy atom. The lowest BCUT2D eigenvalue weighted by atomic mass is 10.1. The summed E-state index contributed by atoms with van der Waals surface area (Å²) in [6.07, 6.45) is 24.5. The largest absolute Gasteiger partial charge is 0.477 e. The van der Waals surface area contributed by atoms with Gasteiger partial charge < -0.3 is 10.8 Å². The number of carboxylic acids is 1. The smallest absolute Gasteiger partial charge is 0.360 e. The number of carbonyl (C=O) groups is 1. The minimum Gasteiger partial charge on any atom is -0.477 e. The molecular formula is C23H42N3O2+. The third kappa shape index (κ3) is 10.2. The molecule has 1 aliphatic heterocycles. The Balaban J connectivity index is 2.09. The average Bonchev–Trinajstić information content (AvgIpc) is 3.03. The van der Waals surface area contributed by atoms with Gasteiger partial charge in [-0.1, -0.05) is 64.0 Å². The normalized spacial score (nSPS) is 18.9. The second-order valence-electron chi connectivity index (χ2n) is 7.92. The fraction of sp³-hybridized carbons (Fsp3) is 0.739. The summed E-state index contributed by atoms with van der Waals surface area (Å²) in [4.78, 5) is 15.7. The van der Waals surface area contributed by atoms with Crippen LogP contribution in [0.2, 0.25) is 0 Å². The van der Waals surface area contributed by atoms with Crippen molar-refractivity contribution < 1.29 is 14.4 Å². The number of aliphatic carboxylic acids is 1. The molecule has 0 radical (unpaired) electrons. The van der Waals surface area contributed by atoms with E-state index in [1.54, 1.807) is 6.20 Å². The number of nitrogens with zero attached hydrogens (tertiary/aromatic N) is 2. The summed E-state index contributed by atoms with van der Waals surface area (Å²) < 4.78 is 0.292. The van der Waals surface area contributed by atoms with E-state index in [1.165, 1.54) is 57.8 Å². The molecular weight excluding hydrogens is 350 g/mol. The molecule has 0 aliphatic carbocycles. The molecule has 0 aromatic carbocycles. The number of carboxylic acid groups (broad SMARTS) is 1. The number of hydrogen-bond acceptors (Lipinski definition) is 3. The van der Waals surface area contributed by atoms with Crippen molar-refractivity contribution in [3.05, 3.63) is 24.6 Å². The van der Waals surface area contributed by atoms with Crippen molar-refractivity contribution in [2.75, 3.05) is 19.6 Å². The van der Waals surface area contributed by atoms with Gasteiger partial charge >= 0.3 is 5.97 Å². The van der Waals surface area contributed by atoms with Gasteiger partial charge in [0.25, 0.3) is 0 Å². The van der Waals surface area contributed by atoms with Crippen molar-refractivity contribution in [2.45, 2.75) is 90.4 Å². The third-order valence-electron chi connectivity index (χ3n) is 5.45. The van der Waals surface area contributed by atoms with Crippen molar-refractivity contribution in [2.24, 2.45) is 10.7 Å². The summed E-state index contributed by atoms with van der Waals surface area (Å²) in [6, 6.07) is 0. The Kier molecular flexibility index (Phi) is 13.6. The molecule has 0 saturated carbocycles. The van der Waals surface area contributed by atoms with Crippen LogP contribution in [0, 0.1) is 0 Å². The predicted molar refractivity (Wildman–Crippen MR) is 118 cm³/mol. The highest BCUT2D eigenvalue weighted by Gasteiger charge is 2.36. The first-order valence-corrected chi connectivity index (χ1v) is 11.3. The van der Waals surface area contributed by atoms with E-state index in [0.717, 1.165) is 31.5 Å². The number of allylic oxidation sites excluding steroid dienone is 2. The van der Waals surface area contributed by atoms with Gasteiger partial charge in [-0.3, -0.25) is 0 Å². The van der Waals surface area contributed by atoms with Crippen LogP contribution >= 0.6 is 0 Å². The van der Waals surface area contributed by atoms with Crippen LogP contribution in [-0.4, -0.2) is 41.0 Å². The molecule has 0 bridgehead atoms. The van der Waals surface area contributed by atoms with Crippen molar-refractivity contribution in [1.82, 2.24) is 0 Å². The van der Waals surface area contributed by atoms with Crippen molar-refractivity contribution in [3.8, 4) is 0 Å². The Labute approximate surface area is 172 Å². The molecule has 0 saturated heterocycles. The highest BCUT2D eigenvalue weighted by molar-refractivity contribution is 5.81. The number of quaternary nitrogens is 1. The third-order valence-corrected chi connectivity index (χ3v) is 5.45. The van der Waals surface area contributed by atoms with E-state index >= 15 is 0 Å². The van der Waals surface area contributed by atoms with Crippen molar-refractivity contribution >= 4 is 11.8 Å². The maximum absolute atomic E-state index is 11.2. The molecule has 1 rings (SSSR count). The minimum absolute atomic E-state index is 0.0328. The number of amidine groups is 1. The topological polar surface area (TPSA) is 75.7 Å². The molecule has 5 heteroatoms. The zero-order valence-corrected chi connectivity index (χ0v) is 18.0. The van der Waals surface area contributed by atoms with E-state index in [-0.39, 0.29) is 6.54 Å². The Bertz CT molecular complexity index is 514. The van der Waals surface area contributed by atoms with Gasteiger partial charge in [0.1, 0.15) is 12.7 Å². The summed E-state index contributed by atoms with van der Waals surface area (Å²) in [5.41, 5.74) is 5.71. The Morgan fingerprint density at radius 2 is 1.64 bits per heavy atom. The fourth-order valence-corrected chi connectivity index (χ4v) is 3.81. The van der Waals surface area contributed by atoms with E-state index in [1.807, 2.05) is 6.20 Å². The second kappa shape index (κ2) is 15.5. The van der Waals surface area contributed by atoms with E-state index in [2.05, 4.69) is 24.1 Å². The molecule has 0 aromatic heterocycles. The van der Waals surface area contributed by atoms with Crippen LogP contribution in [-0.2, 0) is 4.79 Å². The number of rotatable bonds is 18. The second-order valence-corrected chi connectivity index (χ2v) is 7.92. The van der Waals surface area contributed by atoms with Crippen LogP contribution < -0.4 is 5.73 Å². The SMILES string of the molecule is CCCCCCCCCC/C=C/CCCCC1=NC=C[N+]1(CCN)CC(=O)O. The van der Waals surface area contributed by atoms with Gasteiger partial charge in [0.2, 0.25) is 5.84 Å². The first kappa shape index (κ1) is 24.6. The number of hydrogen-bond donors (Lipinski definition) is 2. The summed E-state index contributed by atoms with van der Waals surface area (Å²) in [6.45, 7) is 3.35. The van der Waals surface area contributed by atoms with Crippen molar-refractivity contribution in [3.63, 3.8) is 0 Å². The molecule has 0 fully saturated rings. The lowest BCUT2D eigenvalue weighted by molar-refractivity contribution is -0.778. The molecule has 0 aromatic rings. The van der Waals surface area contributed by atoms with Crippen LogP contribution in [0.5, 0.6) is 0 Å². The molecule has 28 heavy (non-hydrogen) atoms.